The summed E-state index contributed by atoms with van der Waals surface area (Å²) in [6.07, 6.45) is 0. The van der Waals surface area contributed by atoms with Crippen LogP contribution in [0, 0.1) is 20.2 Å². The lowest BCUT2D eigenvalue weighted by Gasteiger charge is -2.36. The molecule has 0 radical (unpaired) electrons. The molecule has 2 aromatic rings. The monoisotopic (exact) mass is 386 g/mol. The normalized spacial score (nSPS) is 18.5. The summed E-state index contributed by atoms with van der Waals surface area (Å²) in [6, 6.07) is 11.2. The number of hydrazine groups is 1. The number of nitrogens with one attached hydrogen (secondary N) is 1. The molecular weight excluding hydrogens is 372 g/mol. The number of ether oxygens (including phenoxy) is 1. The van der Waals surface area contributed by atoms with Crippen LogP contribution in [-0.2, 0) is 20.1 Å². The predicted octanol–water partition coefficient (Wildman–Crippen LogP) is 1.80. The molecule has 1 heterocycles. The lowest BCUT2D eigenvalue weighted by Crippen LogP contribution is -2.53. The van der Waals surface area contributed by atoms with Crippen LogP contribution in [0.15, 0.2) is 48.5 Å². The average molecular weight is 386 g/mol. The summed E-state index contributed by atoms with van der Waals surface area (Å²) in [5.74, 6) is -1.61. The number of esters is 1. The fourth-order valence-corrected chi connectivity index (χ4v) is 3.13. The summed E-state index contributed by atoms with van der Waals surface area (Å²) < 4.78 is 5.46. The van der Waals surface area contributed by atoms with Crippen molar-refractivity contribution >= 4 is 23.3 Å². The molecule has 1 aliphatic rings. The molecule has 3 rings (SSSR count). The first-order valence-electron chi connectivity index (χ1n) is 8.01. The van der Waals surface area contributed by atoms with E-state index in [0.717, 1.165) is 19.1 Å². The third kappa shape index (κ3) is 3.09. The summed E-state index contributed by atoms with van der Waals surface area (Å²) in [5, 5.41) is 25.2. The van der Waals surface area contributed by atoms with E-state index in [2.05, 4.69) is 5.32 Å². The highest BCUT2D eigenvalue weighted by Gasteiger charge is 2.54. The number of hydrogen-bond acceptors (Lipinski definition) is 7. The van der Waals surface area contributed by atoms with Gasteiger partial charge in [0.05, 0.1) is 16.2 Å². The summed E-state index contributed by atoms with van der Waals surface area (Å²) in [7, 11) is 0. The second kappa shape index (κ2) is 6.95. The molecule has 0 aliphatic carbocycles. The van der Waals surface area contributed by atoms with Crippen LogP contribution >= 0.6 is 0 Å². The number of fused-ring (bicyclic) bond motifs is 1. The Morgan fingerprint density at radius 2 is 1.86 bits per heavy atom. The molecular formula is C17H14N4O7. The van der Waals surface area contributed by atoms with Crippen molar-refractivity contribution in [2.75, 3.05) is 11.9 Å². The van der Waals surface area contributed by atoms with Gasteiger partial charge in [0.15, 0.2) is 11.6 Å². The lowest BCUT2D eigenvalue weighted by atomic mass is 9.91. The van der Waals surface area contributed by atoms with Crippen LogP contribution < -0.4 is 5.32 Å². The summed E-state index contributed by atoms with van der Waals surface area (Å²) in [6.45, 7) is 0.303. The minimum Gasteiger partial charge on any atom is -0.425 e. The van der Waals surface area contributed by atoms with Crippen molar-refractivity contribution < 1.29 is 24.3 Å². The van der Waals surface area contributed by atoms with Gasteiger partial charge in [0.25, 0.3) is 11.4 Å². The Morgan fingerprint density at radius 1 is 1.18 bits per heavy atom. The van der Waals surface area contributed by atoms with Crippen molar-refractivity contribution in [1.29, 1.82) is 0 Å². The molecule has 1 atom stereocenters. The molecule has 11 nitrogen and oxygen atoms in total. The van der Waals surface area contributed by atoms with Crippen LogP contribution in [-0.4, -0.2) is 33.4 Å². The van der Waals surface area contributed by atoms with Gasteiger partial charge in [-0.1, -0.05) is 35.3 Å². The Kier molecular flexibility index (Phi) is 4.65. The molecule has 144 valence electrons. The molecule has 1 N–H and O–H groups in total. The van der Waals surface area contributed by atoms with Crippen molar-refractivity contribution in [3.63, 3.8) is 0 Å². The summed E-state index contributed by atoms with van der Waals surface area (Å²) >= 11 is 0. The highest BCUT2D eigenvalue weighted by Crippen LogP contribution is 2.44. The quantitative estimate of drug-likeness (QED) is 0.476. The topological polar surface area (TPSA) is 145 Å². The Labute approximate surface area is 157 Å². The average Bonchev–Trinajstić information content (AvgIpc) is 2.76. The highest BCUT2D eigenvalue weighted by molar-refractivity contribution is 5.94. The Hall–Kier alpha value is -4.02. The molecule has 0 saturated carbocycles. The smallest absolute Gasteiger partial charge is 0.305 e. The number of carbonyl (C=O) groups is 2. The molecule has 0 aromatic heterocycles. The van der Waals surface area contributed by atoms with Gasteiger partial charge in [-0.15, -0.1) is 0 Å². The zero-order chi connectivity index (χ0) is 20.5. The van der Waals surface area contributed by atoms with Crippen LogP contribution in [0.2, 0.25) is 0 Å². The van der Waals surface area contributed by atoms with E-state index in [1.54, 1.807) is 18.2 Å². The number of nitro groups is 2. The third-order valence-electron chi connectivity index (χ3n) is 4.16. The van der Waals surface area contributed by atoms with Gasteiger partial charge in [0, 0.05) is 24.6 Å². The van der Waals surface area contributed by atoms with Gasteiger partial charge in [0.2, 0.25) is 5.91 Å². The molecule has 0 saturated heterocycles. The number of non-ortho nitro benzene ring substituents is 1. The van der Waals surface area contributed by atoms with Crippen molar-refractivity contribution in [3.8, 4) is 0 Å². The second-order valence-electron chi connectivity index (χ2n) is 5.93. The predicted molar refractivity (Wildman–Crippen MR) is 94.4 cm³/mol. The third-order valence-corrected chi connectivity index (χ3v) is 4.16. The number of nitro benzene ring substituents is 1. The standard InChI is InChI=1S/C17H14N4O7/c1-11(22)28-17(12-5-3-2-4-6-12)14-9-13(20(24)25)7-8-15(14)18-16(23)10-19(17)21(26)27/h2-9H,10H2,1H3,(H,18,23). The minimum atomic E-state index is -2.20. The van der Waals surface area contributed by atoms with E-state index in [9.17, 15) is 29.8 Å². The van der Waals surface area contributed by atoms with Gasteiger partial charge in [0.1, 0.15) is 0 Å². The second-order valence-corrected chi connectivity index (χ2v) is 5.93. The minimum absolute atomic E-state index is 0.0602. The molecule has 1 amide bonds. The van der Waals surface area contributed by atoms with Crippen LogP contribution in [0.3, 0.4) is 0 Å². The summed E-state index contributed by atoms with van der Waals surface area (Å²) in [5.41, 5.74) is -2.47. The molecule has 28 heavy (non-hydrogen) atoms. The fourth-order valence-electron chi connectivity index (χ4n) is 3.13. The van der Waals surface area contributed by atoms with Crippen LogP contribution in [0.25, 0.3) is 0 Å². The first-order chi connectivity index (χ1) is 13.3. The van der Waals surface area contributed by atoms with E-state index < -0.39 is 34.1 Å². The maximum atomic E-state index is 12.3. The first kappa shape index (κ1) is 18.8. The van der Waals surface area contributed by atoms with Crippen molar-refractivity contribution in [3.05, 3.63) is 79.9 Å². The molecule has 2 aromatic carbocycles. The van der Waals surface area contributed by atoms with E-state index in [0.29, 0.717) is 5.01 Å². The number of carbonyl (C=O) groups excluding carboxylic acids is 2. The number of nitrogens with zero attached hydrogens (tertiary/aromatic N) is 3. The van der Waals surface area contributed by atoms with Gasteiger partial charge < -0.3 is 10.1 Å². The van der Waals surface area contributed by atoms with Crippen LogP contribution in [0.5, 0.6) is 0 Å². The van der Waals surface area contributed by atoms with E-state index >= 15 is 0 Å². The number of rotatable bonds is 4. The number of anilines is 1. The lowest BCUT2D eigenvalue weighted by molar-refractivity contribution is -0.684. The number of amides is 1. The molecule has 1 aliphatic heterocycles. The van der Waals surface area contributed by atoms with E-state index in [1.807, 2.05) is 0 Å². The fraction of sp³-hybridized carbons (Fsp3) is 0.176. The van der Waals surface area contributed by atoms with Gasteiger partial charge >= 0.3 is 5.97 Å². The SMILES string of the molecule is CC(=O)OC1(c2ccccc2)c2cc([N+](=O)[O-])ccc2NC(=O)CN1[N+](=O)[O-]. The van der Waals surface area contributed by atoms with Gasteiger partial charge in [-0.2, -0.15) is 0 Å². The number of benzene rings is 2. The Morgan fingerprint density at radius 3 is 2.43 bits per heavy atom. The summed E-state index contributed by atoms with van der Waals surface area (Å²) in [4.78, 5) is 46.7. The molecule has 11 heteroatoms. The van der Waals surface area contributed by atoms with Crippen molar-refractivity contribution in [2.45, 2.75) is 12.6 Å². The van der Waals surface area contributed by atoms with Gasteiger partial charge in [-0.25, -0.2) is 10.1 Å². The maximum Gasteiger partial charge on any atom is 0.305 e. The van der Waals surface area contributed by atoms with E-state index in [-0.39, 0.29) is 22.5 Å². The number of hydrogen-bond donors (Lipinski definition) is 1. The zero-order valence-electron chi connectivity index (χ0n) is 14.5. The Bertz CT molecular complexity index is 979. The van der Waals surface area contributed by atoms with Crippen molar-refractivity contribution in [1.82, 2.24) is 5.01 Å². The van der Waals surface area contributed by atoms with Gasteiger partial charge in [-0.05, 0) is 6.07 Å². The largest absolute Gasteiger partial charge is 0.425 e. The maximum absolute atomic E-state index is 12.3. The van der Waals surface area contributed by atoms with Crippen molar-refractivity contribution in [2.24, 2.45) is 0 Å². The van der Waals surface area contributed by atoms with E-state index in [4.69, 9.17) is 4.74 Å². The Balaban J connectivity index is 2.44. The molecule has 0 bridgehead atoms. The highest BCUT2D eigenvalue weighted by atomic mass is 16.7. The molecule has 0 spiro atoms. The first-order valence-corrected chi connectivity index (χ1v) is 8.01. The van der Waals surface area contributed by atoms with Gasteiger partial charge in [-0.3, -0.25) is 19.7 Å². The van der Waals surface area contributed by atoms with Crippen LogP contribution in [0.1, 0.15) is 18.1 Å². The van der Waals surface area contributed by atoms with E-state index in [1.165, 1.54) is 18.2 Å². The zero-order valence-corrected chi connectivity index (χ0v) is 14.5. The molecule has 1 unspecified atom stereocenters. The van der Waals surface area contributed by atoms with Crippen LogP contribution in [0.4, 0.5) is 11.4 Å². The molecule has 0 fully saturated rings.